The quantitative estimate of drug-likeness (QED) is 0.161. The van der Waals surface area contributed by atoms with Crippen LogP contribution in [-0.4, -0.2) is 43.8 Å². The molecular formula is C48H35N7. The van der Waals surface area contributed by atoms with Gasteiger partial charge in [-0.25, -0.2) is 15.0 Å². The number of hydrogen-bond donors (Lipinski definition) is 0. The molecule has 1 unspecified atom stereocenters. The minimum absolute atomic E-state index is 0.0401. The Balaban J connectivity index is 1.29. The molecule has 9 aromatic rings. The Bertz CT molecular complexity index is 2890. The molecule has 7 heteroatoms. The van der Waals surface area contributed by atoms with Crippen molar-refractivity contribution < 1.29 is 0 Å². The van der Waals surface area contributed by atoms with Gasteiger partial charge in [-0.05, 0) is 59.7 Å². The molecule has 0 fully saturated rings. The first-order chi connectivity index (χ1) is 27.2. The van der Waals surface area contributed by atoms with E-state index in [1.54, 1.807) is 0 Å². The third-order valence-electron chi connectivity index (χ3n) is 10.6. The van der Waals surface area contributed by atoms with Crippen LogP contribution in [0.15, 0.2) is 169 Å². The molecule has 10 rings (SSSR count). The van der Waals surface area contributed by atoms with E-state index in [9.17, 15) is 0 Å². The standard InChI is InChI=1S/C48H35N7/c1-31-37(25-27-49-2)42-38-23-12-13-24-39(38)43-40-26-28-50-30-41(40)55(45(43)44(42)54(31)35-20-10-5-11-21-35)36-22-14-19-34(29-36)48-52-46(32-15-6-3-7-16-32)51-47(53-48)33-17-8-4-9-18-33/h3-31H,1-2H3/b37-25+,49-27-. The highest BCUT2D eigenvalue weighted by Crippen LogP contribution is 2.54. The lowest BCUT2D eigenvalue weighted by molar-refractivity contribution is 0.917. The second kappa shape index (κ2) is 13.3. The van der Waals surface area contributed by atoms with E-state index in [0.29, 0.717) is 17.5 Å². The Kier molecular flexibility index (Phi) is 7.84. The summed E-state index contributed by atoms with van der Waals surface area (Å²) in [5, 5.41) is 4.73. The maximum Gasteiger partial charge on any atom is 0.164 e. The summed E-state index contributed by atoms with van der Waals surface area (Å²) >= 11 is 0. The number of allylic oxidation sites excluding steroid dienone is 1. The van der Waals surface area contributed by atoms with Gasteiger partial charge in [-0.15, -0.1) is 0 Å². The summed E-state index contributed by atoms with van der Waals surface area (Å²) < 4.78 is 2.38. The maximum absolute atomic E-state index is 5.07. The zero-order valence-corrected chi connectivity index (χ0v) is 30.4. The first kappa shape index (κ1) is 32.4. The van der Waals surface area contributed by atoms with Crippen molar-refractivity contribution in [3.8, 4) is 39.9 Å². The molecule has 0 bridgehead atoms. The Hall–Kier alpha value is -7.25. The second-order valence-corrected chi connectivity index (χ2v) is 13.7. The monoisotopic (exact) mass is 709 g/mol. The number of nitrogens with zero attached hydrogens (tertiary/aromatic N) is 7. The molecule has 3 aromatic heterocycles. The molecule has 0 saturated heterocycles. The molecule has 0 radical (unpaired) electrons. The van der Waals surface area contributed by atoms with Crippen LogP contribution in [0.2, 0.25) is 0 Å². The smallest absolute Gasteiger partial charge is 0.164 e. The third kappa shape index (κ3) is 5.31. The molecule has 0 saturated carbocycles. The van der Waals surface area contributed by atoms with Gasteiger partial charge < -0.3 is 9.47 Å². The van der Waals surface area contributed by atoms with Crippen LogP contribution in [0.4, 0.5) is 11.4 Å². The van der Waals surface area contributed by atoms with Crippen LogP contribution >= 0.6 is 0 Å². The molecule has 262 valence electrons. The van der Waals surface area contributed by atoms with Crippen molar-refractivity contribution in [1.82, 2.24) is 24.5 Å². The molecule has 7 nitrogen and oxygen atoms in total. The van der Waals surface area contributed by atoms with Crippen LogP contribution in [0.1, 0.15) is 12.5 Å². The van der Waals surface area contributed by atoms with Gasteiger partial charge in [0.05, 0.1) is 29.0 Å². The molecule has 1 aliphatic rings. The van der Waals surface area contributed by atoms with Crippen LogP contribution in [-0.2, 0) is 0 Å². The van der Waals surface area contributed by atoms with E-state index in [0.717, 1.165) is 50.2 Å². The lowest BCUT2D eigenvalue weighted by atomic mass is 9.93. The van der Waals surface area contributed by atoms with Gasteiger partial charge >= 0.3 is 0 Å². The molecule has 55 heavy (non-hydrogen) atoms. The summed E-state index contributed by atoms with van der Waals surface area (Å²) in [4.78, 5) is 26.6. The number of anilines is 2. The van der Waals surface area contributed by atoms with Crippen molar-refractivity contribution in [2.24, 2.45) is 4.99 Å². The van der Waals surface area contributed by atoms with Crippen molar-refractivity contribution in [2.75, 3.05) is 11.9 Å². The fraction of sp³-hybridized carbons (Fsp3) is 0.0625. The Morgan fingerprint density at radius 3 is 1.85 bits per heavy atom. The van der Waals surface area contributed by atoms with Gasteiger partial charge in [-0.3, -0.25) is 9.98 Å². The summed E-state index contributed by atoms with van der Waals surface area (Å²) in [6, 6.07) is 50.4. The number of aliphatic imine (C=N–C) groups is 1. The summed E-state index contributed by atoms with van der Waals surface area (Å²) in [6.07, 6.45) is 7.97. The Morgan fingerprint density at radius 1 is 0.600 bits per heavy atom. The molecule has 0 N–H and O–H groups in total. The Morgan fingerprint density at radius 2 is 1.18 bits per heavy atom. The number of para-hydroxylation sites is 1. The predicted octanol–water partition coefficient (Wildman–Crippen LogP) is 11.1. The van der Waals surface area contributed by atoms with Gasteiger partial charge in [0.1, 0.15) is 0 Å². The number of aromatic nitrogens is 5. The van der Waals surface area contributed by atoms with Crippen LogP contribution in [0.5, 0.6) is 0 Å². The van der Waals surface area contributed by atoms with Crippen LogP contribution in [0.25, 0.3) is 78.0 Å². The molecule has 6 aromatic carbocycles. The molecule has 1 aliphatic heterocycles. The van der Waals surface area contributed by atoms with Crippen molar-refractivity contribution in [2.45, 2.75) is 13.0 Å². The average Bonchev–Trinajstić information content (AvgIpc) is 3.76. The largest absolute Gasteiger partial charge is 0.332 e. The highest BCUT2D eigenvalue weighted by molar-refractivity contribution is 6.29. The van der Waals surface area contributed by atoms with Crippen LogP contribution in [0, 0.1) is 0 Å². The van der Waals surface area contributed by atoms with Crippen molar-refractivity contribution in [1.29, 1.82) is 0 Å². The highest BCUT2D eigenvalue weighted by Gasteiger charge is 2.37. The number of rotatable bonds is 6. The van der Waals surface area contributed by atoms with Crippen molar-refractivity contribution >= 4 is 55.7 Å². The Labute approximate surface area is 318 Å². The maximum atomic E-state index is 5.07. The van der Waals surface area contributed by atoms with E-state index in [1.807, 2.05) is 86.3 Å². The molecule has 4 heterocycles. The van der Waals surface area contributed by atoms with E-state index in [2.05, 4.69) is 112 Å². The fourth-order valence-corrected chi connectivity index (χ4v) is 8.17. The number of hydrogen-bond acceptors (Lipinski definition) is 6. The topological polar surface area (TPSA) is 72.1 Å². The number of benzene rings is 6. The van der Waals surface area contributed by atoms with Gasteiger partial charge in [0.2, 0.25) is 0 Å². The number of pyridine rings is 1. The van der Waals surface area contributed by atoms with Crippen LogP contribution in [0.3, 0.4) is 0 Å². The second-order valence-electron chi connectivity index (χ2n) is 13.7. The van der Waals surface area contributed by atoms with Gasteiger partial charge in [0.25, 0.3) is 0 Å². The van der Waals surface area contributed by atoms with Crippen LogP contribution < -0.4 is 4.90 Å². The lowest BCUT2D eigenvalue weighted by Gasteiger charge is -2.26. The molecule has 0 amide bonds. The fourth-order valence-electron chi connectivity index (χ4n) is 8.17. The summed E-state index contributed by atoms with van der Waals surface area (Å²) in [6.45, 7) is 2.29. The van der Waals surface area contributed by atoms with Gasteiger partial charge in [0.15, 0.2) is 17.5 Å². The zero-order chi connectivity index (χ0) is 36.9. The van der Waals surface area contributed by atoms with Gasteiger partial charge in [-0.1, -0.05) is 115 Å². The minimum atomic E-state index is 0.0401. The molecule has 0 spiro atoms. The molecule has 0 aliphatic carbocycles. The normalized spacial score (nSPS) is 14.8. The van der Waals surface area contributed by atoms with Gasteiger partial charge in [-0.2, -0.15) is 0 Å². The zero-order valence-electron chi connectivity index (χ0n) is 30.4. The minimum Gasteiger partial charge on any atom is -0.332 e. The predicted molar refractivity (Wildman–Crippen MR) is 226 cm³/mol. The molecule has 1 atom stereocenters. The first-order valence-corrected chi connectivity index (χ1v) is 18.5. The summed E-state index contributed by atoms with van der Waals surface area (Å²) in [5.41, 5.74) is 10.6. The average molecular weight is 710 g/mol. The number of fused-ring (bicyclic) bond motifs is 8. The van der Waals surface area contributed by atoms with Crippen molar-refractivity contribution in [3.63, 3.8) is 0 Å². The van der Waals surface area contributed by atoms with Crippen molar-refractivity contribution in [3.05, 3.63) is 170 Å². The van der Waals surface area contributed by atoms with E-state index < -0.39 is 0 Å². The third-order valence-corrected chi connectivity index (χ3v) is 10.6. The highest BCUT2D eigenvalue weighted by atomic mass is 15.2. The van der Waals surface area contributed by atoms with E-state index in [4.69, 9.17) is 19.9 Å². The van der Waals surface area contributed by atoms with E-state index in [1.165, 1.54) is 27.3 Å². The summed E-state index contributed by atoms with van der Waals surface area (Å²) in [7, 11) is 1.82. The first-order valence-electron chi connectivity index (χ1n) is 18.5. The summed E-state index contributed by atoms with van der Waals surface area (Å²) in [5.74, 6) is 1.86. The SMILES string of the molecule is C/N=C\C=C1\c2c(c3c(c4ccccc24)c2ccncc2n3-c2cccc(-c3nc(-c4ccccc4)nc(-c4ccccc4)n3)c2)N(c2ccccc2)C1C. The molecular weight excluding hydrogens is 675 g/mol. The lowest BCUT2D eigenvalue weighted by Crippen LogP contribution is -2.23. The van der Waals surface area contributed by atoms with Gasteiger partial charge in [0, 0.05) is 63.9 Å². The van der Waals surface area contributed by atoms with E-state index in [-0.39, 0.29) is 6.04 Å². The van der Waals surface area contributed by atoms with E-state index >= 15 is 0 Å².